The minimum atomic E-state index is 0.267. The average Bonchev–Trinajstić information content (AvgIpc) is 3.06. The van der Waals surface area contributed by atoms with Crippen molar-refractivity contribution in [1.82, 2.24) is 15.0 Å². The molecule has 0 radical (unpaired) electrons. The third-order valence-corrected chi connectivity index (χ3v) is 3.71. The number of halogens is 1. The Balaban J connectivity index is 1.83. The van der Waals surface area contributed by atoms with Crippen LogP contribution in [0.2, 0.25) is 5.02 Å². The Morgan fingerprint density at radius 2 is 2.24 bits per heavy atom. The van der Waals surface area contributed by atoms with Gasteiger partial charge in [-0.05, 0) is 12.8 Å². The summed E-state index contributed by atoms with van der Waals surface area (Å²) in [5.74, 6) is 1.41. The highest BCUT2D eigenvalue weighted by atomic mass is 35.5. The summed E-state index contributed by atoms with van der Waals surface area (Å²) >= 11 is 7.53. The molecule has 2 aromatic rings. The first kappa shape index (κ1) is 10.7. The van der Waals surface area contributed by atoms with E-state index in [2.05, 4.69) is 25.6 Å². The lowest BCUT2D eigenvalue weighted by Crippen LogP contribution is -1.99. The number of rotatable bonds is 3. The normalized spacial score (nSPS) is 14.9. The van der Waals surface area contributed by atoms with Crippen molar-refractivity contribution in [2.24, 2.45) is 0 Å². The first-order valence-corrected chi connectivity index (χ1v) is 6.48. The third-order valence-electron chi connectivity index (χ3n) is 2.56. The van der Waals surface area contributed by atoms with Crippen LogP contribution in [-0.2, 0) is 0 Å². The van der Waals surface area contributed by atoms with E-state index in [1.165, 1.54) is 19.2 Å². The number of aromatic nitrogens is 3. The molecular formula is C10H10ClN5S. The highest BCUT2D eigenvalue weighted by Gasteiger charge is 2.26. The molecule has 0 aromatic carbocycles. The molecule has 2 heterocycles. The molecule has 0 amide bonds. The maximum Gasteiger partial charge on any atom is 0.188 e. The molecule has 88 valence electrons. The molecule has 0 atom stereocenters. The summed E-state index contributed by atoms with van der Waals surface area (Å²) in [7, 11) is 0. The van der Waals surface area contributed by atoms with Gasteiger partial charge in [-0.1, -0.05) is 11.6 Å². The number of nitrogens with two attached hydrogens (primary N) is 1. The Morgan fingerprint density at radius 1 is 1.41 bits per heavy atom. The molecule has 0 aliphatic heterocycles. The van der Waals surface area contributed by atoms with Crippen molar-refractivity contribution in [3.05, 3.63) is 22.4 Å². The average molecular weight is 268 g/mol. The second-order valence-electron chi connectivity index (χ2n) is 3.90. The summed E-state index contributed by atoms with van der Waals surface area (Å²) in [6.45, 7) is 0. The summed E-state index contributed by atoms with van der Waals surface area (Å²) in [4.78, 5) is 12.3. The Bertz CT molecular complexity index is 551. The van der Waals surface area contributed by atoms with Gasteiger partial charge in [0.2, 0.25) is 0 Å². The van der Waals surface area contributed by atoms with Crippen LogP contribution in [0.15, 0.2) is 11.7 Å². The number of nitrogen functional groups attached to an aromatic ring is 1. The Labute approximate surface area is 107 Å². The van der Waals surface area contributed by atoms with Gasteiger partial charge in [0, 0.05) is 11.3 Å². The summed E-state index contributed by atoms with van der Waals surface area (Å²) < 4.78 is 0. The lowest BCUT2D eigenvalue weighted by atomic mass is 10.3. The number of hydrogen-bond donors (Lipinski definition) is 2. The molecule has 0 unspecified atom stereocenters. The monoisotopic (exact) mass is 267 g/mol. The number of anilines is 3. The summed E-state index contributed by atoms with van der Waals surface area (Å²) in [5.41, 5.74) is 6.75. The van der Waals surface area contributed by atoms with Crippen LogP contribution in [-0.4, -0.2) is 15.0 Å². The quantitative estimate of drug-likeness (QED) is 0.894. The van der Waals surface area contributed by atoms with E-state index in [4.69, 9.17) is 17.3 Å². The molecular weight excluding hydrogens is 258 g/mol. The Morgan fingerprint density at radius 3 is 3.00 bits per heavy atom. The molecule has 1 aliphatic rings. The van der Waals surface area contributed by atoms with Gasteiger partial charge in [0.05, 0.1) is 5.69 Å². The van der Waals surface area contributed by atoms with Crippen LogP contribution in [0.1, 0.15) is 24.5 Å². The second kappa shape index (κ2) is 4.12. The predicted molar refractivity (Wildman–Crippen MR) is 68.8 cm³/mol. The van der Waals surface area contributed by atoms with Gasteiger partial charge in [0.1, 0.15) is 17.2 Å². The molecule has 5 nitrogen and oxygen atoms in total. The molecule has 3 rings (SSSR count). The van der Waals surface area contributed by atoms with E-state index in [9.17, 15) is 0 Å². The van der Waals surface area contributed by atoms with Gasteiger partial charge < -0.3 is 11.1 Å². The second-order valence-corrected chi connectivity index (χ2v) is 5.13. The fourth-order valence-electron chi connectivity index (χ4n) is 1.48. The van der Waals surface area contributed by atoms with E-state index >= 15 is 0 Å². The molecule has 1 saturated carbocycles. The van der Waals surface area contributed by atoms with Gasteiger partial charge in [-0.25, -0.2) is 15.0 Å². The third kappa shape index (κ3) is 2.18. The van der Waals surface area contributed by atoms with Crippen molar-refractivity contribution in [2.45, 2.75) is 18.8 Å². The first-order chi connectivity index (χ1) is 8.24. The highest BCUT2D eigenvalue weighted by Crippen LogP contribution is 2.41. The van der Waals surface area contributed by atoms with Crippen molar-refractivity contribution in [3.8, 4) is 0 Å². The van der Waals surface area contributed by atoms with Gasteiger partial charge in [-0.3, -0.25) is 0 Å². The lowest BCUT2D eigenvalue weighted by molar-refractivity contribution is 1.05. The van der Waals surface area contributed by atoms with E-state index in [0.717, 1.165) is 10.8 Å². The first-order valence-electron chi connectivity index (χ1n) is 5.22. The molecule has 1 fully saturated rings. The fraction of sp³-hybridized carbons (Fsp3) is 0.300. The molecule has 17 heavy (non-hydrogen) atoms. The van der Waals surface area contributed by atoms with Crippen LogP contribution in [0, 0.1) is 0 Å². The van der Waals surface area contributed by atoms with Gasteiger partial charge in [-0.2, -0.15) is 0 Å². The van der Waals surface area contributed by atoms with E-state index < -0.39 is 0 Å². The predicted octanol–water partition coefficient (Wildman–Crippen LogP) is 2.79. The zero-order valence-electron chi connectivity index (χ0n) is 8.85. The molecule has 7 heteroatoms. The smallest absolute Gasteiger partial charge is 0.188 e. The van der Waals surface area contributed by atoms with E-state index in [-0.39, 0.29) is 5.82 Å². The van der Waals surface area contributed by atoms with Crippen LogP contribution in [0.25, 0.3) is 0 Å². The van der Waals surface area contributed by atoms with Crippen LogP contribution >= 0.6 is 22.9 Å². The molecule has 2 aromatic heterocycles. The molecule has 0 saturated heterocycles. The zero-order valence-corrected chi connectivity index (χ0v) is 10.4. The highest BCUT2D eigenvalue weighted by molar-refractivity contribution is 7.13. The van der Waals surface area contributed by atoms with E-state index in [1.54, 1.807) is 11.3 Å². The number of nitrogens with zero attached hydrogens (tertiary/aromatic N) is 3. The minimum Gasteiger partial charge on any atom is -0.382 e. The number of hydrogen-bond acceptors (Lipinski definition) is 6. The zero-order chi connectivity index (χ0) is 11.8. The van der Waals surface area contributed by atoms with Crippen molar-refractivity contribution >= 4 is 39.7 Å². The van der Waals surface area contributed by atoms with Crippen LogP contribution in [0.3, 0.4) is 0 Å². The van der Waals surface area contributed by atoms with Crippen LogP contribution in [0.4, 0.5) is 16.8 Å². The molecule has 0 spiro atoms. The van der Waals surface area contributed by atoms with Crippen molar-refractivity contribution in [1.29, 1.82) is 0 Å². The fourth-order valence-corrected chi connectivity index (χ4v) is 2.42. The molecule has 3 N–H and O–H groups in total. The van der Waals surface area contributed by atoms with Crippen molar-refractivity contribution in [3.63, 3.8) is 0 Å². The number of thiazole rings is 1. The Hall–Kier alpha value is -1.40. The summed E-state index contributed by atoms with van der Waals surface area (Å²) in [6.07, 6.45) is 3.85. The Kier molecular flexibility index (Phi) is 2.60. The van der Waals surface area contributed by atoms with Crippen molar-refractivity contribution in [2.75, 3.05) is 11.1 Å². The molecule has 1 aliphatic carbocycles. The summed E-state index contributed by atoms with van der Waals surface area (Å²) in [5, 5.41) is 6.24. The van der Waals surface area contributed by atoms with Crippen LogP contribution in [0.5, 0.6) is 0 Å². The van der Waals surface area contributed by atoms with Gasteiger partial charge in [0.25, 0.3) is 0 Å². The SMILES string of the molecule is Nc1ncnc(Nc2nc(C3CC3)cs2)c1Cl. The van der Waals surface area contributed by atoms with Gasteiger partial charge >= 0.3 is 0 Å². The molecule has 0 bridgehead atoms. The standard InChI is InChI=1S/C10H10ClN5S/c11-7-8(12)13-4-14-9(7)16-10-15-6(3-17-10)5-1-2-5/h3-5H,1-2H2,(H3,12,13,14,15,16). The maximum atomic E-state index is 5.99. The lowest BCUT2D eigenvalue weighted by Gasteiger charge is -2.04. The van der Waals surface area contributed by atoms with Gasteiger partial charge in [-0.15, -0.1) is 11.3 Å². The summed E-state index contributed by atoms with van der Waals surface area (Å²) in [6, 6.07) is 0. The topological polar surface area (TPSA) is 76.7 Å². The number of nitrogens with one attached hydrogen (secondary N) is 1. The maximum absolute atomic E-state index is 5.99. The largest absolute Gasteiger partial charge is 0.382 e. The van der Waals surface area contributed by atoms with E-state index in [0.29, 0.717) is 16.8 Å². The van der Waals surface area contributed by atoms with Crippen LogP contribution < -0.4 is 11.1 Å². The van der Waals surface area contributed by atoms with Gasteiger partial charge in [0.15, 0.2) is 10.9 Å². The van der Waals surface area contributed by atoms with Crippen molar-refractivity contribution < 1.29 is 0 Å². The minimum absolute atomic E-state index is 0.267. The van der Waals surface area contributed by atoms with E-state index in [1.807, 2.05) is 0 Å².